The topological polar surface area (TPSA) is 63.6 Å². The van der Waals surface area contributed by atoms with Crippen LogP contribution in [-0.2, 0) is 20.9 Å². The maximum absolute atomic E-state index is 13.7. The van der Waals surface area contributed by atoms with E-state index in [4.69, 9.17) is 4.74 Å². The van der Waals surface area contributed by atoms with Crippen molar-refractivity contribution >= 4 is 11.8 Å². The highest BCUT2D eigenvalue weighted by Crippen LogP contribution is 2.75. The number of rotatable bonds is 3. The third-order valence-corrected chi connectivity index (χ3v) is 12.9. The molecule has 0 aliphatic heterocycles. The Bertz CT molecular complexity index is 1460. The quantitative estimate of drug-likeness (QED) is 0.380. The van der Waals surface area contributed by atoms with Crippen LogP contribution in [0, 0.1) is 39.9 Å². The minimum absolute atomic E-state index is 0.0157. The van der Waals surface area contributed by atoms with Crippen molar-refractivity contribution in [2.24, 2.45) is 33.0 Å². The van der Waals surface area contributed by atoms with Gasteiger partial charge in [0, 0.05) is 11.0 Å². The first-order chi connectivity index (χ1) is 19.2. The fourth-order valence-electron chi connectivity index (χ4n) is 9.65. The number of hydrogen-bond acceptors (Lipinski definition) is 4. The maximum Gasteiger partial charge on any atom is 0.312 e. The number of carbonyl (C=O) groups excluding carboxylic acids is 2. The molecule has 0 bridgehead atoms. The predicted octanol–water partition coefficient (Wildman–Crippen LogP) is 8.66. The van der Waals surface area contributed by atoms with Gasteiger partial charge in [-0.1, -0.05) is 75.2 Å². The van der Waals surface area contributed by atoms with Gasteiger partial charge in [0.2, 0.25) is 5.78 Å². The van der Waals surface area contributed by atoms with E-state index in [1.54, 1.807) is 6.08 Å². The van der Waals surface area contributed by atoms with Gasteiger partial charge in [0.05, 0.1) is 5.41 Å². The normalized spacial score (nSPS) is 39.8. The van der Waals surface area contributed by atoms with Gasteiger partial charge in [-0.15, -0.1) is 0 Å². The van der Waals surface area contributed by atoms with Gasteiger partial charge in [-0.05, 0) is 111 Å². The number of carbonyl (C=O) groups is 2. The first-order valence-electron chi connectivity index (χ1n) is 15.5. The van der Waals surface area contributed by atoms with Crippen molar-refractivity contribution in [3.63, 3.8) is 0 Å². The molecule has 6 atom stereocenters. The molecule has 218 valence electrons. The van der Waals surface area contributed by atoms with Crippen LogP contribution >= 0.6 is 0 Å². The summed E-state index contributed by atoms with van der Waals surface area (Å²) in [7, 11) is 0. The van der Waals surface area contributed by atoms with Crippen molar-refractivity contribution in [1.82, 2.24) is 0 Å². The minimum atomic E-state index is -0.497. The second-order valence-electron chi connectivity index (χ2n) is 15.2. The van der Waals surface area contributed by atoms with E-state index in [1.807, 2.05) is 19.1 Å². The summed E-state index contributed by atoms with van der Waals surface area (Å²) < 4.78 is 5.98. The van der Waals surface area contributed by atoms with Crippen LogP contribution < -0.4 is 0 Å². The highest BCUT2D eigenvalue weighted by molar-refractivity contribution is 6.06. The molecule has 1 aromatic carbocycles. The SMILES string of the molecule is CC1=C(O)C(=O)C=C2C1=CC=C1[C@@]2(C)CC[C@@]2(C)[C@@H]3C[C@](C)(C(=O)OCc4ccc(C)cc4)CC[C@]3(C)CC[C@]12C. The van der Waals surface area contributed by atoms with Crippen LogP contribution in [0.5, 0.6) is 0 Å². The van der Waals surface area contributed by atoms with Crippen molar-refractivity contribution in [3.05, 3.63) is 81.7 Å². The summed E-state index contributed by atoms with van der Waals surface area (Å²) in [6.07, 6.45) is 13.2. The summed E-state index contributed by atoms with van der Waals surface area (Å²) in [6, 6.07) is 8.22. The van der Waals surface area contributed by atoms with Crippen molar-refractivity contribution in [2.45, 2.75) is 100 Å². The zero-order valence-electron chi connectivity index (χ0n) is 25.9. The molecule has 4 nitrogen and oxygen atoms in total. The van der Waals surface area contributed by atoms with Crippen LogP contribution in [0.4, 0.5) is 0 Å². The lowest BCUT2D eigenvalue weighted by atomic mass is 9.34. The molecule has 6 rings (SSSR count). The van der Waals surface area contributed by atoms with Gasteiger partial charge in [0.15, 0.2) is 5.76 Å². The van der Waals surface area contributed by atoms with Gasteiger partial charge < -0.3 is 9.84 Å². The number of allylic oxidation sites excluding steroid dienone is 7. The number of ether oxygens (including phenoxy) is 1. The molecule has 0 saturated heterocycles. The van der Waals surface area contributed by atoms with Crippen molar-refractivity contribution < 1.29 is 19.4 Å². The second kappa shape index (κ2) is 9.06. The molecular formula is C37H46O4. The van der Waals surface area contributed by atoms with Crippen molar-refractivity contribution in [2.75, 3.05) is 0 Å². The lowest BCUT2D eigenvalue weighted by molar-refractivity contribution is -0.183. The summed E-state index contributed by atoms with van der Waals surface area (Å²) in [4.78, 5) is 26.5. The summed E-state index contributed by atoms with van der Waals surface area (Å²) in [6.45, 7) is 16.1. The van der Waals surface area contributed by atoms with Crippen LogP contribution in [0.3, 0.4) is 0 Å². The first kappa shape index (κ1) is 28.2. The standard InChI is InChI=1S/C37H46O4/c1-23-8-10-25(11-9-23)22-41-32(40)34(4)15-14-33(3)16-18-36(6)29-13-12-26-24(2)31(39)28(38)20-27(26)35(29,5)17-19-37(36,7)30(33)21-34/h8-13,20,30,39H,14-19,21-22H2,1-7H3/t30-,33-,34-,35+,36-,37+/m1/s1. The number of ketones is 1. The number of aliphatic hydroxyl groups is 1. The van der Waals surface area contributed by atoms with Gasteiger partial charge in [-0.25, -0.2) is 0 Å². The molecule has 0 unspecified atom stereocenters. The van der Waals surface area contributed by atoms with E-state index < -0.39 is 5.41 Å². The molecule has 1 aromatic rings. The Kier molecular flexibility index (Phi) is 6.24. The van der Waals surface area contributed by atoms with Gasteiger partial charge >= 0.3 is 5.97 Å². The summed E-state index contributed by atoms with van der Waals surface area (Å²) >= 11 is 0. The molecule has 41 heavy (non-hydrogen) atoms. The molecule has 0 heterocycles. The Morgan fingerprint density at radius 3 is 2.32 bits per heavy atom. The molecule has 0 amide bonds. The fraction of sp³-hybridized carbons (Fsp3) is 0.568. The minimum Gasteiger partial charge on any atom is -0.504 e. The molecule has 0 spiro atoms. The monoisotopic (exact) mass is 554 g/mol. The highest BCUT2D eigenvalue weighted by Gasteiger charge is 2.67. The molecule has 5 aliphatic rings. The van der Waals surface area contributed by atoms with Crippen LogP contribution in [0.25, 0.3) is 0 Å². The smallest absolute Gasteiger partial charge is 0.312 e. The largest absolute Gasteiger partial charge is 0.504 e. The van der Waals surface area contributed by atoms with Gasteiger partial charge in [-0.2, -0.15) is 0 Å². The number of aryl methyl sites for hydroxylation is 1. The Morgan fingerprint density at radius 2 is 1.61 bits per heavy atom. The number of fused-ring (bicyclic) bond motifs is 7. The molecule has 0 aromatic heterocycles. The van der Waals surface area contributed by atoms with E-state index in [-0.39, 0.29) is 39.2 Å². The Labute approximate surface area is 245 Å². The van der Waals surface area contributed by atoms with E-state index in [9.17, 15) is 14.7 Å². The molecule has 5 aliphatic carbocycles. The van der Waals surface area contributed by atoms with Gasteiger partial charge in [-0.3, -0.25) is 9.59 Å². The summed E-state index contributed by atoms with van der Waals surface area (Å²) in [5.41, 5.74) is 5.83. The summed E-state index contributed by atoms with van der Waals surface area (Å²) in [5.74, 6) is -0.0764. The van der Waals surface area contributed by atoms with Crippen LogP contribution in [0.2, 0.25) is 0 Å². The number of aliphatic hydroxyl groups excluding tert-OH is 1. The zero-order valence-corrected chi connectivity index (χ0v) is 25.9. The highest BCUT2D eigenvalue weighted by atomic mass is 16.5. The zero-order chi connectivity index (χ0) is 29.6. The molecule has 1 N–H and O–H groups in total. The third-order valence-electron chi connectivity index (χ3n) is 12.9. The van der Waals surface area contributed by atoms with E-state index in [0.29, 0.717) is 18.1 Å². The molecular weight excluding hydrogens is 508 g/mol. The Balaban J connectivity index is 1.33. The molecule has 3 saturated carbocycles. The molecule has 4 heteroatoms. The third kappa shape index (κ3) is 3.92. The van der Waals surface area contributed by atoms with E-state index in [0.717, 1.165) is 61.7 Å². The predicted molar refractivity (Wildman–Crippen MR) is 162 cm³/mol. The molecule has 0 radical (unpaired) electrons. The Morgan fingerprint density at radius 1 is 0.927 bits per heavy atom. The van der Waals surface area contributed by atoms with Crippen molar-refractivity contribution in [3.8, 4) is 0 Å². The Hall–Kier alpha value is -2.88. The van der Waals surface area contributed by atoms with Gasteiger partial charge in [0.25, 0.3) is 0 Å². The van der Waals surface area contributed by atoms with Crippen LogP contribution in [0.15, 0.2) is 70.5 Å². The first-order valence-corrected chi connectivity index (χ1v) is 15.5. The average molecular weight is 555 g/mol. The second-order valence-corrected chi connectivity index (χ2v) is 15.2. The average Bonchev–Trinajstić information content (AvgIpc) is 2.94. The van der Waals surface area contributed by atoms with E-state index in [2.05, 4.69) is 65.8 Å². The van der Waals surface area contributed by atoms with E-state index >= 15 is 0 Å². The van der Waals surface area contributed by atoms with Crippen LogP contribution in [-0.4, -0.2) is 16.9 Å². The maximum atomic E-state index is 13.7. The summed E-state index contributed by atoms with van der Waals surface area (Å²) in [5, 5.41) is 10.4. The lowest BCUT2D eigenvalue weighted by Gasteiger charge is -2.70. The lowest BCUT2D eigenvalue weighted by Crippen LogP contribution is -2.62. The molecule has 3 fully saturated rings. The number of esters is 1. The number of benzene rings is 1. The van der Waals surface area contributed by atoms with Crippen LogP contribution in [0.1, 0.15) is 97.6 Å². The van der Waals surface area contributed by atoms with Gasteiger partial charge in [0.1, 0.15) is 6.61 Å². The fourth-order valence-corrected chi connectivity index (χ4v) is 9.65. The van der Waals surface area contributed by atoms with Crippen molar-refractivity contribution in [1.29, 1.82) is 0 Å². The van der Waals surface area contributed by atoms with E-state index in [1.165, 1.54) is 11.1 Å². The number of hydrogen-bond donors (Lipinski definition) is 1.